The first-order valence-corrected chi connectivity index (χ1v) is 11.6. The Morgan fingerprint density at radius 1 is 0.938 bits per heavy atom. The van der Waals surface area contributed by atoms with Gasteiger partial charge in [-0.2, -0.15) is 15.0 Å². The summed E-state index contributed by atoms with van der Waals surface area (Å²) < 4.78 is 1.25. The normalized spacial score (nSPS) is 16.3. The highest BCUT2D eigenvalue weighted by molar-refractivity contribution is 7.18. The summed E-state index contributed by atoms with van der Waals surface area (Å²) >= 11 is 1.78. The van der Waals surface area contributed by atoms with Gasteiger partial charge in [0.25, 0.3) is 0 Å². The maximum absolute atomic E-state index is 5.99. The van der Waals surface area contributed by atoms with Crippen LogP contribution in [0.5, 0.6) is 0 Å². The number of nitrogens with two attached hydrogens (primary N) is 1. The molecule has 1 aliphatic rings. The number of para-hydroxylation sites is 2. The van der Waals surface area contributed by atoms with Crippen LogP contribution in [0.25, 0.3) is 10.2 Å². The van der Waals surface area contributed by atoms with Crippen LogP contribution in [0.4, 0.5) is 17.6 Å². The van der Waals surface area contributed by atoms with Gasteiger partial charge in [-0.1, -0.05) is 30.3 Å². The summed E-state index contributed by atoms with van der Waals surface area (Å²) in [7, 11) is 0. The maximum Gasteiger partial charge on any atom is 0.232 e. The van der Waals surface area contributed by atoms with Gasteiger partial charge < -0.3 is 11.1 Å². The number of thiazole rings is 1. The lowest BCUT2D eigenvalue weighted by Gasteiger charge is -2.37. The van der Waals surface area contributed by atoms with Gasteiger partial charge >= 0.3 is 0 Å². The first kappa shape index (κ1) is 20.7. The van der Waals surface area contributed by atoms with E-state index in [1.54, 1.807) is 11.3 Å². The molecule has 0 radical (unpaired) electrons. The highest BCUT2D eigenvalue weighted by Gasteiger charge is 2.25. The summed E-state index contributed by atoms with van der Waals surface area (Å²) in [6.07, 6.45) is 0. The number of aromatic nitrogens is 4. The second-order valence-corrected chi connectivity index (χ2v) is 9.05. The lowest BCUT2D eigenvalue weighted by Crippen LogP contribution is -2.47. The van der Waals surface area contributed by atoms with Crippen LogP contribution in [-0.4, -0.2) is 55.9 Å². The second-order valence-electron chi connectivity index (χ2n) is 7.93. The van der Waals surface area contributed by atoms with E-state index < -0.39 is 0 Å². The largest absolute Gasteiger partial charge is 0.368 e. The summed E-state index contributed by atoms with van der Waals surface area (Å²) in [5.74, 6) is 1.39. The molecule has 164 valence electrons. The van der Waals surface area contributed by atoms with Crippen LogP contribution in [0.2, 0.25) is 0 Å². The lowest BCUT2D eigenvalue weighted by molar-refractivity contribution is 0.0948. The quantitative estimate of drug-likeness (QED) is 0.463. The van der Waals surface area contributed by atoms with Crippen LogP contribution in [0.15, 0.2) is 54.6 Å². The van der Waals surface area contributed by atoms with Gasteiger partial charge in [-0.3, -0.25) is 9.80 Å². The minimum atomic E-state index is 0.0567. The van der Waals surface area contributed by atoms with E-state index in [-0.39, 0.29) is 12.0 Å². The minimum Gasteiger partial charge on any atom is -0.368 e. The van der Waals surface area contributed by atoms with E-state index in [0.29, 0.717) is 11.8 Å². The van der Waals surface area contributed by atoms with Crippen molar-refractivity contribution < 1.29 is 0 Å². The van der Waals surface area contributed by atoms with Crippen LogP contribution in [-0.2, 0) is 6.54 Å². The molecule has 2 aromatic carbocycles. The van der Waals surface area contributed by atoms with Gasteiger partial charge in [0.15, 0.2) is 5.82 Å². The Balaban J connectivity index is 1.21. The molecule has 2 aromatic heterocycles. The first-order valence-electron chi connectivity index (χ1n) is 10.8. The number of nitrogens with zero attached hydrogens (tertiary/aromatic N) is 6. The van der Waals surface area contributed by atoms with Crippen molar-refractivity contribution in [1.82, 2.24) is 29.7 Å². The number of fused-ring (bicyclic) bond motifs is 1. The van der Waals surface area contributed by atoms with Gasteiger partial charge in [0.05, 0.1) is 22.8 Å². The molecular formula is C23H26N8S. The number of nitrogen functional groups attached to an aromatic ring is 1. The van der Waals surface area contributed by atoms with Gasteiger partial charge in [0, 0.05) is 31.9 Å². The van der Waals surface area contributed by atoms with Crippen LogP contribution in [0.1, 0.15) is 23.8 Å². The van der Waals surface area contributed by atoms with Crippen molar-refractivity contribution in [3.8, 4) is 0 Å². The molecule has 1 fully saturated rings. The summed E-state index contributed by atoms with van der Waals surface area (Å²) in [6.45, 7) is 6.87. The van der Waals surface area contributed by atoms with Crippen LogP contribution < -0.4 is 11.1 Å². The Bertz CT molecular complexity index is 1150. The topological polar surface area (TPSA) is 96.1 Å². The molecule has 1 aliphatic heterocycles. The third-order valence-electron chi connectivity index (χ3n) is 5.73. The Hall–Kier alpha value is -3.14. The van der Waals surface area contributed by atoms with Crippen LogP contribution in [0, 0.1) is 0 Å². The molecular weight excluding hydrogens is 420 g/mol. The zero-order valence-electron chi connectivity index (χ0n) is 18.0. The molecule has 0 saturated carbocycles. The highest BCUT2D eigenvalue weighted by atomic mass is 32.1. The molecule has 0 spiro atoms. The number of rotatable bonds is 6. The van der Waals surface area contributed by atoms with E-state index in [9.17, 15) is 0 Å². The summed E-state index contributed by atoms with van der Waals surface area (Å²) in [6, 6.07) is 18.2. The molecule has 1 saturated heterocycles. The van der Waals surface area contributed by atoms with Crippen molar-refractivity contribution in [3.63, 3.8) is 0 Å². The average Bonchev–Trinajstić information content (AvgIpc) is 3.22. The van der Waals surface area contributed by atoms with E-state index in [4.69, 9.17) is 10.7 Å². The van der Waals surface area contributed by atoms with E-state index in [1.165, 1.54) is 9.71 Å². The fraction of sp³-hybridized carbons (Fsp3) is 0.304. The SMILES string of the molecule is CC(c1nc(N)nc(Nc2ccccc2)n1)N1CCN(Cc2nc3ccccc3s2)CC1. The lowest BCUT2D eigenvalue weighted by atomic mass is 10.2. The summed E-state index contributed by atoms with van der Waals surface area (Å²) in [5.41, 5.74) is 7.99. The monoisotopic (exact) mass is 446 g/mol. The Labute approximate surface area is 191 Å². The molecule has 0 amide bonds. The van der Waals surface area contributed by atoms with Gasteiger partial charge in [-0.05, 0) is 31.2 Å². The Morgan fingerprint density at radius 2 is 1.69 bits per heavy atom. The smallest absolute Gasteiger partial charge is 0.232 e. The van der Waals surface area contributed by atoms with Gasteiger partial charge in [0.2, 0.25) is 11.9 Å². The molecule has 1 unspecified atom stereocenters. The van der Waals surface area contributed by atoms with Crippen LogP contribution >= 0.6 is 11.3 Å². The van der Waals surface area contributed by atoms with Crippen molar-refractivity contribution in [3.05, 3.63) is 65.4 Å². The fourth-order valence-corrected chi connectivity index (χ4v) is 4.96. The molecule has 1 atom stereocenters. The number of anilines is 3. The molecule has 3 heterocycles. The highest BCUT2D eigenvalue weighted by Crippen LogP contribution is 2.25. The molecule has 9 heteroatoms. The minimum absolute atomic E-state index is 0.0567. The third kappa shape index (κ3) is 4.69. The molecule has 5 rings (SSSR count). The average molecular weight is 447 g/mol. The van der Waals surface area contributed by atoms with Gasteiger partial charge in [-0.25, -0.2) is 4.98 Å². The Kier molecular flexibility index (Phi) is 5.93. The third-order valence-corrected chi connectivity index (χ3v) is 6.75. The number of nitrogens with one attached hydrogen (secondary N) is 1. The summed E-state index contributed by atoms with van der Waals surface area (Å²) in [4.78, 5) is 22.9. The number of piperazine rings is 1. The first-order chi connectivity index (χ1) is 15.6. The van der Waals surface area contributed by atoms with E-state index in [2.05, 4.69) is 55.2 Å². The van der Waals surface area contributed by atoms with Gasteiger partial charge in [-0.15, -0.1) is 11.3 Å². The predicted octanol–water partition coefficient (Wildman–Crippen LogP) is 3.69. The predicted molar refractivity (Wildman–Crippen MR) is 129 cm³/mol. The number of hydrogen-bond donors (Lipinski definition) is 2. The second kappa shape index (κ2) is 9.15. The molecule has 4 aromatic rings. The van der Waals surface area contributed by atoms with E-state index >= 15 is 0 Å². The summed E-state index contributed by atoms with van der Waals surface area (Å²) in [5, 5.41) is 4.39. The van der Waals surface area contributed by atoms with Crippen molar-refractivity contribution in [2.75, 3.05) is 37.2 Å². The van der Waals surface area contributed by atoms with E-state index in [0.717, 1.165) is 43.9 Å². The Morgan fingerprint density at radius 3 is 2.47 bits per heavy atom. The molecule has 0 aliphatic carbocycles. The maximum atomic E-state index is 5.99. The van der Waals surface area contributed by atoms with Crippen molar-refractivity contribution >= 4 is 39.1 Å². The van der Waals surface area contributed by atoms with Gasteiger partial charge in [0.1, 0.15) is 5.01 Å². The molecule has 32 heavy (non-hydrogen) atoms. The molecule has 3 N–H and O–H groups in total. The zero-order chi connectivity index (χ0) is 21.9. The van der Waals surface area contributed by atoms with Crippen molar-refractivity contribution in [2.45, 2.75) is 19.5 Å². The number of benzene rings is 2. The van der Waals surface area contributed by atoms with E-state index in [1.807, 2.05) is 36.4 Å². The number of hydrogen-bond acceptors (Lipinski definition) is 9. The van der Waals surface area contributed by atoms with Crippen molar-refractivity contribution in [1.29, 1.82) is 0 Å². The molecule has 0 bridgehead atoms. The standard InChI is InChI=1S/C23H26N8S/c1-16(21-27-22(24)29-23(28-21)25-17-7-3-2-4-8-17)31-13-11-30(12-14-31)15-20-26-18-9-5-6-10-19(18)32-20/h2-10,16H,11-15H2,1H3,(H3,24,25,27,28,29). The van der Waals surface area contributed by atoms with Crippen LogP contribution in [0.3, 0.4) is 0 Å². The zero-order valence-corrected chi connectivity index (χ0v) is 18.8. The van der Waals surface area contributed by atoms with Crippen molar-refractivity contribution in [2.24, 2.45) is 0 Å². The molecule has 8 nitrogen and oxygen atoms in total. The fourth-order valence-electron chi connectivity index (χ4n) is 3.95.